The van der Waals surface area contributed by atoms with E-state index in [2.05, 4.69) is 34.5 Å². The van der Waals surface area contributed by atoms with Crippen LogP contribution in [0.2, 0.25) is 0 Å². The number of nitrogens with one attached hydrogen (secondary N) is 1. The van der Waals surface area contributed by atoms with Gasteiger partial charge in [0, 0.05) is 14.8 Å². The van der Waals surface area contributed by atoms with Gasteiger partial charge in [0.1, 0.15) is 18.9 Å². The zero-order valence-electron chi connectivity index (χ0n) is 22.6. The number of nitrogens with zero attached hydrogens (tertiary/aromatic N) is 1. The van der Waals surface area contributed by atoms with Gasteiger partial charge in [-0.05, 0) is 113 Å². The van der Waals surface area contributed by atoms with Gasteiger partial charge in [-0.3, -0.25) is 19.3 Å². The number of amides is 3. The van der Waals surface area contributed by atoms with Crippen molar-refractivity contribution in [3.05, 3.63) is 98.5 Å². The molecule has 0 aliphatic carbocycles. The van der Waals surface area contributed by atoms with Gasteiger partial charge in [0.15, 0.2) is 11.5 Å². The zero-order valence-corrected chi connectivity index (χ0v) is 25.6. The highest BCUT2D eigenvalue weighted by molar-refractivity contribution is 14.1. The topological polar surface area (TPSA) is 94.2 Å². The number of rotatable bonds is 12. The molecule has 8 nitrogen and oxygen atoms in total. The lowest BCUT2D eigenvalue weighted by molar-refractivity contribution is -0.127. The molecule has 10 heteroatoms. The molecule has 3 amide bonds. The van der Waals surface area contributed by atoms with E-state index in [0.717, 1.165) is 31.4 Å². The Balaban J connectivity index is 1.52. The Morgan fingerprint density at radius 1 is 1.07 bits per heavy atom. The summed E-state index contributed by atoms with van der Waals surface area (Å²) in [4.78, 5) is 39.5. The van der Waals surface area contributed by atoms with Crippen molar-refractivity contribution < 1.29 is 28.6 Å². The maximum Gasteiger partial charge on any atom is 0.294 e. The number of halogens is 1. The van der Waals surface area contributed by atoms with Crippen LogP contribution in [0, 0.1) is 3.57 Å². The first-order valence-corrected chi connectivity index (χ1v) is 14.7. The molecule has 0 atom stereocenters. The molecule has 1 aliphatic heterocycles. The van der Waals surface area contributed by atoms with E-state index in [1.54, 1.807) is 49.6 Å². The lowest BCUT2D eigenvalue weighted by Crippen LogP contribution is -2.36. The minimum atomic E-state index is -0.535. The van der Waals surface area contributed by atoms with Crippen LogP contribution in [0.15, 0.2) is 78.2 Å². The summed E-state index contributed by atoms with van der Waals surface area (Å²) >= 11 is 3.05. The van der Waals surface area contributed by atoms with E-state index in [4.69, 9.17) is 14.2 Å². The van der Waals surface area contributed by atoms with E-state index < -0.39 is 23.6 Å². The second kappa shape index (κ2) is 14.2. The summed E-state index contributed by atoms with van der Waals surface area (Å²) < 4.78 is 18.4. The summed E-state index contributed by atoms with van der Waals surface area (Å²) in [6.07, 6.45) is 3.91. The SMILES string of the molecule is C=CCc1cc(/C=C2/SC(=O)N(CC(=O)Nc3ccc(OC)cc3)C2=O)cc(OCC)c1OCc1ccc(I)cc1. The van der Waals surface area contributed by atoms with Crippen molar-refractivity contribution >= 4 is 63.2 Å². The molecule has 0 unspecified atom stereocenters. The second-order valence-corrected chi connectivity index (χ2v) is 11.1. The van der Waals surface area contributed by atoms with Crippen LogP contribution >= 0.6 is 34.4 Å². The Morgan fingerprint density at radius 2 is 1.80 bits per heavy atom. The average molecular weight is 685 g/mol. The molecule has 0 bridgehead atoms. The van der Waals surface area contributed by atoms with Gasteiger partial charge >= 0.3 is 0 Å². The van der Waals surface area contributed by atoms with Crippen molar-refractivity contribution in [1.29, 1.82) is 0 Å². The number of carbonyl (C=O) groups excluding carboxylic acids is 3. The fourth-order valence-electron chi connectivity index (χ4n) is 4.04. The third-order valence-corrected chi connectivity index (χ3v) is 7.59. The van der Waals surface area contributed by atoms with Crippen LogP contribution in [0.5, 0.6) is 17.2 Å². The first-order chi connectivity index (χ1) is 19.8. The summed E-state index contributed by atoms with van der Waals surface area (Å²) in [6.45, 7) is 6.12. The van der Waals surface area contributed by atoms with Crippen LogP contribution in [0.25, 0.3) is 6.08 Å². The monoisotopic (exact) mass is 684 g/mol. The minimum absolute atomic E-state index is 0.215. The van der Waals surface area contributed by atoms with E-state index in [0.29, 0.717) is 48.1 Å². The highest BCUT2D eigenvalue weighted by Gasteiger charge is 2.36. The molecular formula is C31H29IN2O6S. The second-order valence-electron chi connectivity index (χ2n) is 8.89. The van der Waals surface area contributed by atoms with E-state index in [1.165, 1.54) is 0 Å². The van der Waals surface area contributed by atoms with Crippen LogP contribution in [-0.4, -0.2) is 42.2 Å². The van der Waals surface area contributed by atoms with Gasteiger partial charge in [-0.15, -0.1) is 6.58 Å². The van der Waals surface area contributed by atoms with Crippen molar-refractivity contribution in [3.63, 3.8) is 0 Å². The van der Waals surface area contributed by atoms with Crippen molar-refractivity contribution in [2.45, 2.75) is 20.0 Å². The normalized spacial score (nSPS) is 13.8. The molecule has 0 aromatic heterocycles. The van der Waals surface area contributed by atoms with Gasteiger partial charge in [-0.25, -0.2) is 0 Å². The molecular weight excluding hydrogens is 655 g/mol. The maximum absolute atomic E-state index is 13.1. The summed E-state index contributed by atoms with van der Waals surface area (Å²) in [5.74, 6) is 0.758. The van der Waals surface area contributed by atoms with Crippen molar-refractivity contribution in [3.8, 4) is 17.2 Å². The third kappa shape index (κ3) is 7.92. The summed E-state index contributed by atoms with van der Waals surface area (Å²) in [5.41, 5.74) is 3.05. The third-order valence-electron chi connectivity index (χ3n) is 5.96. The first-order valence-electron chi connectivity index (χ1n) is 12.8. The number of hydrogen-bond donors (Lipinski definition) is 1. The molecule has 0 spiro atoms. The van der Waals surface area contributed by atoms with E-state index in [1.807, 2.05) is 37.3 Å². The summed E-state index contributed by atoms with van der Waals surface area (Å²) in [5, 5.41) is 2.18. The van der Waals surface area contributed by atoms with E-state index in [-0.39, 0.29) is 4.91 Å². The van der Waals surface area contributed by atoms with Gasteiger partial charge in [-0.2, -0.15) is 0 Å². The fourth-order valence-corrected chi connectivity index (χ4v) is 5.24. The number of ether oxygens (including phenoxy) is 3. The number of imide groups is 1. The molecule has 1 fully saturated rings. The van der Waals surface area contributed by atoms with Crippen LogP contribution in [0.4, 0.5) is 10.5 Å². The van der Waals surface area contributed by atoms with Crippen molar-refractivity contribution in [1.82, 2.24) is 4.90 Å². The smallest absolute Gasteiger partial charge is 0.294 e. The molecule has 3 aromatic rings. The van der Waals surface area contributed by atoms with Crippen molar-refractivity contribution in [2.75, 3.05) is 25.6 Å². The number of thioether (sulfide) groups is 1. The maximum atomic E-state index is 13.1. The standard InChI is InChI=1S/C31H29IN2O6S/c1-4-6-22-15-21(16-26(39-5-2)29(22)40-19-20-7-9-23(32)10-8-20)17-27-30(36)34(31(37)41-27)18-28(35)33-24-11-13-25(38-3)14-12-24/h4,7-17H,1,5-6,18-19H2,2-3H3,(H,33,35)/b27-17+. The first kappa shape index (κ1) is 30.2. The Labute approximate surface area is 256 Å². The van der Waals surface area contributed by atoms with E-state index in [9.17, 15) is 14.4 Å². The lowest BCUT2D eigenvalue weighted by Gasteiger charge is -2.17. The van der Waals surface area contributed by atoms with Crippen molar-refractivity contribution in [2.24, 2.45) is 0 Å². The number of benzene rings is 3. The molecule has 3 aromatic carbocycles. The molecule has 1 saturated heterocycles. The summed E-state index contributed by atoms with van der Waals surface area (Å²) in [7, 11) is 1.55. The van der Waals surface area contributed by atoms with Gasteiger partial charge in [0.25, 0.3) is 11.1 Å². The minimum Gasteiger partial charge on any atom is -0.497 e. The Morgan fingerprint density at radius 3 is 2.46 bits per heavy atom. The molecule has 1 N–H and O–H groups in total. The summed E-state index contributed by atoms with van der Waals surface area (Å²) in [6, 6.07) is 18.5. The van der Waals surface area contributed by atoms with Gasteiger partial charge in [-0.1, -0.05) is 18.2 Å². The average Bonchev–Trinajstić information content (AvgIpc) is 3.21. The molecule has 212 valence electrons. The molecule has 41 heavy (non-hydrogen) atoms. The van der Waals surface area contributed by atoms with Gasteiger partial charge in [0.2, 0.25) is 5.91 Å². The van der Waals surface area contributed by atoms with Crippen LogP contribution in [0.3, 0.4) is 0 Å². The number of anilines is 1. The zero-order chi connectivity index (χ0) is 29.4. The van der Waals surface area contributed by atoms with Gasteiger partial charge < -0.3 is 19.5 Å². The van der Waals surface area contributed by atoms with Crippen LogP contribution in [-0.2, 0) is 22.6 Å². The molecule has 1 heterocycles. The van der Waals surface area contributed by atoms with Crippen LogP contribution in [0.1, 0.15) is 23.6 Å². The molecule has 0 saturated carbocycles. The predicted molar refractivity (Wildman–Crippen MR) is 169 cm³/mol. The Kier molecular flexibility index (Phi) is 10.5. The van der Waals surface area contributed by atoms with Gasteiger partial charge in [0.05, 0.1) is 18.6 Å². The number of allylic oxidation sites excluding steroid dienone is 1. The highest BCUT2D eigenvalue weighted by atomic mass is 127. The largest absolute Gasteiger partial charge is 0.497 e. The Bertz CT molecular complexity index is 1470. The molecule has 1 aliphatic rings. The quantitative estimate of drug-likeness (QED) is 0.129. The number of carbonyl (C=O) groups is 3. The molecule has 0 radical (unpaired) electrons. The highest BCUT2D eigenvalue weighted by Crippen LogP contribution is 2.38. The van der Waals surface area contributed by atoms with Crippen LogP contribution < -0.4 is 19.5 Å². The van der Waals surface area contributed by atoms with E-state index >= 15 is 0 Å². The number of methoxy groups -OCH3 is 1. The molecule has 4 rings (SSSR count). The Hall–Kier alpha value is -3.77. The predicted octanol–water partition coefficient (Wildman–Crippen LogP) is 6.68. The number of hydrogen-bond acceptors (Lipinski definition) is 7. The lowest BCUT2D eigenvalue weighted by atomic mass is 10.0. The fraction of sp³-hybridized carbons (Fsp3) is 0.194.